The number of aromatic nitrogens is 2. The largest absolute Gasteiger partial charge is 0.403 e. The number of carbonyl (C=O) groups excluding carboxylic acids is 1. The molecule has 0 spiro atoms. The van der Waals surface area contributed by atoms with Crippen LogP contribution in [0.5, 0.6) is 0 Å². The number of sulfone groups is 1. The predicted octanol–water partition coefficient (Wildman–Crippen LogP) is 3.55. The summed E-state index contributed by atoms with van der Waals surface area (Å²) >= 11 is 0. The Morgan fingerprint density at radius 2 is 1.71 bits per heavy atom. The van der Waals surface area contributed by atoms with Gasteiger partial charge in [-0.25, -0.2) is 8.42 Å². The Bertz CT molecular complexity index is 1060. The number of hydrogen-bond acceptors (Lipinski definition) is 6. The van der Waals surface area contributed by atoms with Gasteiger partial charge in [-0.1, -0.05) is 40.5 Å². The van der Waals surface area contributed by atoms with E-state index in [2.05, 4.69) is 15.5 Å². The first-order valence-corrected chi connectivity index (χ1v) is 10.5. The van der Waals surface area contributed by atoms with Crippen molar-refractivity contribution in [1.29, 1.82) is 0 Å². The molecule has 0 saturated heterocycles. The van der Waals surface area contributed by atoms with Gasteiger partial charge < -0.3 is 4.42 Å². The van der Waals surface area contributed by atoms with Crippen LogP contribution < -0.4 is 5.32 Å². The molecule has 0 aliphatic rings. The van der Waals surface area contributed by atoms with Crippen molar-refractivity contribution in [3.05, 3.63) is 59.7 Å². The molecule has 0 atom stereocenters. The fourth-order valence-electron chi connectivity index (χ4n) is 2.84. The molecule has 7 nitrogen and oxygen atoms in total. The van der Waals surface area contributed by atoms with Crippen LogP contribution in [0.25, 0.3) is 11.5 Å². The number of benzene rings is 2. The summed E-state index contributed by atoms with van der Waals surface area (Å²) in [7, 11) is -3.40. The number of rotatable bonds is 7. The first kappa shape index (κ1) is 19.8. The summed E-state index contributed by atoms with van der Waals surface area (Å²) in [6, 6.07) is 14.0. The lowest BCUT2D eigenvalue weighted by Crippen LogP contribution is -2.14. The number of anilines is 1. The van der Waals surface area contributed by atoms with Gasteiger partial charge in [-0.2, -0.15) is 0 Å². The highest BCUT2D eigenvalue weighted by Crippen LogP contribution is 2.22. The van der Waals surface area contributed by atoms with Gasteiger partial charge in [-0.15, -0.1) is 5.10 Å². The van der Waals surface area contributed by atoms with Gasteiger partial charge in [0.15, 0.2) is 9.84 Å². The number of nitrogens with one attached hydrogen (secondary N) is 1. The molecule has 3 rings (SSSR count). The maximum Gasteiger partial charge on any atom is 0.322 e. The smallest absolute Gasteiger partial charge is 0.322 e. The van der Waals surface area contributed by atoms with E-state index in [0.717, 1.165) is 16.7 Å². The van der Waals surface area contributed by atoms with Crippen molar-refractivity contribution in [3.63, 3.8) is 0 Å². The average molecular weight is 399 g/mol. The van der Waals surface area contributed by atoms with Gasteiger partial charge in [0, 0.05) is 12.0 Å². The lowest BCUT2D eigenvalue weighted by Gasteiger charge is -2.04. The molecule has 0 unspecified atom stereocenters. The molecule has 0 fully saturated rings. The lowest BCUT2D eigenvalue weighted by atomic mass is 10.1. The summed E-state index contributed by atoms with van der Waals surface area (Å²) < 4.78 is 29.9. The summed E-state index contributed by atoms with van der Waals surface area (Å²) in [5.41, 5.74) is 2.91. The van der Waals surface area contributed by atoms with E-state index in [1.165, 1.54) is 0 Å². The zero-order chi connectivity index (χ0) is 20.1. The van der Waals surface area contributed by atoms with Gasteiger partial charge in [0.05, 0.1) is 10.6 Å². The van der Waals surface area contributed by atoms with E-state index < -0.39 is 9.84 Å². The quantitative estimate of drug-likeness (QED) is 0.652. The van der Waals surface area contributed by atoms with Gasteiger partial charge in [-0.05, 0) is 44.5 Å². The zero-order valence-electron chi connectivity index (χ0n) is 15.7. The van der Waals surface area contributed by atoms with E-state index in [1.54, 1.807) is 30.3 Å². The van der Waals surface area contributed by atoms with E-state index in [1.807, 2.05) is 32.0 Å². The third-order valence-electron chi connectivity index (χ3n) is 4.06. The second-order valence-corrected chi connectivity index (χ2v) is 8.68. The molecule has 3 aromatic rings. The van der Waals surface area contributed by atoms with Crippen molar-refractivity contribution >= 4 is 21.8 Å². The first-order valence-electron chi connectivity index (χ1n) is 8.83. The van der Waals surface area contributed by atoms with Crippen molar-refractivity contribution < 1.29 is 17.6 Å². The standard InChI is InChI=1S/C20H21N3O4S/c1-14-11-15(2)13-16(12-14)19-22-23-20(27-19)21-18(24)9-6-10-28(25,26)17-7-4-3-5-8-17/h3-5,7-8,11-13H,6,9-10H2,1-2H3,(H,21,23,24). The van der Waals surface area contributed by atoms with Crippen LogP contribution in [0.2, 0.25) is 0 Å². The molecule has 0 bridgehead atoms. The first-order chi connectivity index (χ1) is 13.3. The molecule has 1 N–H and O–H groups in total. The SMILES string of the molecule is Cc1cc(C)cc(-c2nnc(NC(=O)CCCS(=O)(=O)c3ccccc3)o2)c1. The Morgan fingerprint density at radius 3 is 2.39 bits per heavy atom. The van der Waals surface area contributed by atoms with Crippen LogP contribution in [-0.2, 0) is 14.6 Å². The molecule has 0 aliphatic heterocycles. The van der Waals surface area contributed by atoms with Gasteiger partial charge >= 0.3 is 6.01 Å². The number of carbonyl (C=O) groups is 1. The van der Waals surface area contributed by atoms with Crippen LogP contribution in [0, 0.1) is 13.8 Å². The Balaban J connectivity index is 1.55. The molecular formula is C20H21N3O4S. The van der Waals surface area contributed by atoms with E-state index in [-0.39, 0.29) is 35.4 Å². The van der Waals surface area contributed by atoms with E-state index in [9.17, 15) is 13.2 Å². The Labute approximate surface area is 163 Å². The Hall–Kier alpha value is -3.00. The van der Waals surface area contributed by atoms with E-state index in [4.69, 9.17) is 4.42 Å². The van der Waals surface area contributed by atoms with Gasteiger partial charge in [-0.3, -0.25) is 10.1 Å². The lowest BCUT2D eigenvalue weighted by molar-refractivity contribution is -0.116. The summed E-state index contributed by atoms with van der Waals surface area (Å²) in [6.45, 7) is 3.94. The normalized spacial score (nSPS) is 11.4. The van der Waals surface area contributed by atoms with Crippen molar-refractivity contribution in [2.45, 2.75) is 31.6 Å². The fourth-order valence-corrected chi connectivity index (χ4v) is 4.17. The van der Waals surface area contributed by atoms with Crippen molar-refractivity contribution in [1.82, 2.24) is 10.2 Å². The molecule has 0 aliphatic carbocycles. The minimum Gasteiger partial charge on any atom is -0.403 e. The molecule has 1 heterocycles. The maximum absolute atomic E-state index is 12.2. The number of amides is 1. The summed E-state index contributed by atoms with van der Waals surface area (Å²) in [6.07, 6.45) is 0.231. The number of hydrogen-bond donors (Lipinski definition) is 1. The van der Waals surface area contributed by atoms with Crippen LogP contribution in [-0.4, -0.2) is 30.3 Å². The van der Waals surface area contributed by atoms with Crippen LogP contribution >= 0.6 is 0 Å². The fraction of sp³-hybridized carbons (Fsp3) is 0.250. The number of nitrogens with zero attached hydrogens (tertiary/aromatic N) is 2. The van der Waals surface area contributed by atoms with Crippen molar-refractivity contribution in [2.24, 2.45) is 0 Å². The average Bonchev–Trinajstić information content (AvgIpc) is 3.10. The predicted molar refractivity (Wildman–Crippen MR) is 106 cm³/mol. The van der Waals surface area contributed by atoms with Gasteiger partial charge in [0.25, 0.3) is 0 Å². The number of aryl methyl sites for hydroxylation is 2. The van der Waals surface area contributed by atoms with Crippen LogP contribution in [0.1, 0.15) is 24.0 Å². The highest BCUT2D eigenvalue weighted by Gasteiger charge is 2.16. The van der Waals surface area contributed by atoms with Crippen molar-refractivity contribution in [3.8, 4) is 11.5 Å². The highest BCUT2D eigenvalue weighted by atomic mass is 32.2. The van der Waals surface area contributed by atoms with Crippen LogP contribution in [0.3, 0.4) is 0 Å². The molecule has 2 aromatic carbocycles. The topological polar surface area (TPSA) is 102 Å². The molecule has 1 aromatic heterocycles. The molecular weight excluding hydrogens is 378 g/mol. The van der Waals surface area contributed by atoms with Crippen LogP contribution in [0.15, 0.2) is 57.8 Å². The third kappa shape index (κ3) is 5.04. The highest BCUT2D eigenvalue weighted by molar-refractivity contribution is 7.91. The molecule has 1 amide bonds. The van der Waals surface area contributed by atoms with Crippen molar-refractivity contribution in [2.75, 3.05) is 11.1 Å². The minimum absolute atomic E-state index is 0.00919. The molecule has 146 valence electrons. The maximum atomic E-state index is 12.2. The Morgan fingerprint density at radius 1 is 1.04 bits per heavy atom. The van der Waals surface area contributed by atoms with Gasteiger partial charge in [0.1, 0.15) is 0 Å². The summed E-state index contributed by atoms with van der Waals surface area (Å²) in [5.74, 6) is -0.171. The molecule has 8 heteroatoms. The molecule has 0 saturated carbocycles. The summed E-state index contributed by atoms with van der Waals surface area (Å²) in [4.78, 5) is 12.3. The third-order valence-corrected chi connectivity index (χ3v) is 5.88. The zero-order valence-corrected chi connectivity index (χ0v) is 16.5. The van der Waals surface area contributed by atoms with Gasteiger partial charge in [0.2, 0.25) is 11.8 Å². The minimum atomic E-state index is -3.40. The molecule has 0 radical (unpaired) electrons. The van der Waals surface area contributed by atoms with E-state index in [0.29, 0.717) is 5.89 Å². The van der Waals surface area contributed by atoms with E-state index >= 15 is 0 Å². The van der Waals surface area contributed by atoms with Crippen LogP contribution in [0.4, 0.5) is 6.01 Å². The molecule has 28 heavy (non-hydrogen) atoms. The summed E-state index contributed by atoms with van der Waals surface area (Å²) in [5, 5.41) is 10.3. The second kappa shape index (κ2) is 8.35. The monoisotopic (exact) mass is 399 g/mol. The Kier molecular flexibility index (Phi) is 5.89. The second-order valence-electron chi connectivity index (χ2n) is 6.57.